The smallest absolute Gasteiger partial charge is 0.268 e. The van der Waals surface area contributed by atoms with Crippen molar-refractivity contribution >= 4 is 32.7 Å². The lowest BCUT2D eigenvalue weighted by Crippen LogP contribution is -2.50. The van der Waals surface area contributed by atoms with Crippen molar-refractivity contribution in [1.29, 1.82) is 0 Å². The maximum atomic E-state index is 13.2. The molecule has 11 heteroatoms. The van der Waals surface area contributed by atoms with Gasteiger partial charge in [0.1, 0.15) is 5.65 Å². The molecule has 206 valence electrons. The van der Waals surface area contributed by atoms with Crippen LogP contribution in [0.15, 0.2) is 46.2 Å². The van der Waals surface area contributed by atoms with Gasteiger partial charge in [0.25, 0.3) is 5.56 Å². The van der Waals surface area contributed by atoms with Crippen molar-refractivity contribution in [3.05, 3.63) is 52.4 Å². The molecule has 5 rings (SSSR count). The van der Waals surface area contributed by atoms with Gasteiger partial charge in [0.05, 0.1) is 22.1 Å². The molecule has 2 fully saturated rings. The third-order valence-electron chi connectivity index (χ3n) is 7.87. The van der Waals surface area contributed by atoms with Crippen molar-refractivity contribution in [3.63, 3.8) is 0 Å². The Morgan fingerprint density at radius 1 is 1.18 bits per heavy atom. The molecule has 0 unspecified atom stereocenters. The first kappa shape index (κ1) is 27.3. The molecule has 0 bridgehead atoms. The highest BCUT2D eigenvalue weighted by molar-refractivity contribution is 7.89. The molecule has 39 heavy (non-hydrogen) atoms. The molecule has 3 aromatic rings. The summed E-state index contributed by atoms with van der Waals surface area (Å²) in [5.74, 6) is 2.68. The Morgan fingerprint density at radius 3 is 2.46 bits per heavy atom. The average molecular weight is 551 g/mol. The van der Waals surface area contributed by atoms with Gasteiger partial charge in [-0.05, 0) is 70.4 Å². The van der Waals surface area contributed by atoms with E-state index < -0.39 is 21.7 Å². The van der Waals surface area contributed by atoms with E-state index in [1.165, 1.54) is 8.87 Å². The number of anilines is 2. The zero-order valence-corrected chi connectivity index (χ0v) is 23.3. The second-order valence-electron chi connectivity index (χ2n) is 10.8. The number of pyridine rings is 1. The lowest BCUT2D eigenvalue weighted by Gasteiger charge is -2.36. The first-order chi connectivity index (χ1) is 18.5. The molecule has 2 aromatic heterocycles. The van der Waals surface area contributed by atoms with E-state index in [-0.39, 0.29) is 22.0 Å². The fourth-order valence-corrected chi connectivity index (χ4v) is 6.98. The molecule has 3 heterocycles. The summed E-state index contributed by atoms with van der Waals surface area (Å²) in [7, 11) is -3.60. The van der Waals surface area contributed by atoms with Crippen LogP contribution in [0.2, 0.25) is 0 Å². The van der Waals surface area contributed by atoms with E-state index in [4.69, 9.17) is 6.42 Å². The molecular formula is C28H34N6O4S. The number of fused-ring (bicyclic) bond motifs is 1. The minimum absolute atomic E-state index is 0.192. The quantitative estimate of drug-likeness (QED) is 0.450. The molecule has 1 aliphatic heterocycles. The van der Waals surface area contributed by atoms with E-state index in [0.717, 1.165) is 6.42 Å². The number of piperazine rings is 1. The van der Waals surface area contributed by atoms with Gasteiger partial charge in [0.2, 0.25) is 16.0 Å². The van der Waals surface area contributed by atoms with Crippen LogP contribution in [0.25, 0.3) is 11.0 Å². The van der Waals surface area contributed by atoms with E-state index in [2.05, 4.69) is 40.0 Å². The Kier molecular flexibility index (Phi) is 7.24. The molecule has 1 aromatic carbocycles. The van der Waals surface area contributed by atoms with Crippen molar-refractivity contribution in [2.45, 2.75) is 62.6 Å². The lowest BCUT2D eigenvalue weighted by atomic mass is 9.99. The third kappa shape index (κ3) is 5.17. The van der Waals surface area contributed by atoms with Gasteiger partial charge in [-0.2, -0.15) is 9.29 Å². The fraction of sp³-hybridized carbons (Fsp3) is 0.464. The number of aromatic nitrogens is 3. The van der Waals surface area contributed by atoms with Gasteiger partial charge in [-0.15, -0.1) is 6.42 Å². The number of sulfonamides is 1. The van der Waals surface area contributed by atoms with Crippen LogP contribution < -0.4 is 10.9 Å². The van der Waals surface area contributed by atoms with Crippen LogP contribution in [0.5, 0.6) is 0 Å². The molecule has 0 amide bonds. The van der Waals surface area contributed by atoms with Gasteiger partial charge in [-0.3, -0.25) is 14.3 Å². The van der Waals surface area contributed by atoms with Gasteiger partial charge in [-0.1, -0.05) is 5.92 Å². The fourth-order valence-electron chi connectivity index (χ4n) is 5.56. The van der Waals surface area contributed by atoms with Crippen LogP contribution in [0.4, 0.5) is 11.6 Å². The van der Waals surface area contributed by atoms with Gasteiger partial charge >= 0.3 is 0 Å². The summed E-state index contributed by atoms with van der Waals surface area (Å²) in [6, 6.07) is 7.98. The summed E-state index contributed by atoms with van der Waals surface area (Å²) < 4.78 is 29.4. The van der Waals surface area contributed by atoms with E-state index in [0.29, 0.717) is 61.8 Å². The van der Waals surface area contributed by atoms with E-state index in [9.17, 15) is 18.3 Å². The van der Waals surface area contributed by atoms with E-state index in [1.54, 1.807) is 43.5 Å². The molecule has 2 atom stereocenters. The Bertz CT molecular complexity index is 1580. The summed E-state index contributed by atoms with van der Waals surface area (Å²) in [4.78, 5) is 24.7. The first-order valence-corrected chi connectivity index (χ1v) is 14.7. The van der Waals surface area contributed by atoms with Gasteiger partial charge in [0.15, 0.2) is 0 Å². The number of nitrogens with one attached hydrogen (secondary N) is 1. The molecular weight excluding hydrogens is 516 g/mol. The highest BCUT2D eigenvalue weighted by Gasteiger charge is 2.40. The molecule has 1 aliphatic carbocycles. The van der Waals surface area contributed by atoms with Crippen LogP contribution in [0.1, 0.15) is 51.6 Å². The van der Waals surface area contributed by atoms with Gasteiger partial charge < -0.3 is 10.4 Å². The highest BCUT2D eigenvalue weighted by atomic mass is 32.2. The predicted octanol–water partition coefficient (Wildman–Crippen LogP) is 2.71. The van der Waals surface area contributed by atoms with E-state index in [1.807, 2.05) is 0 Å². The van der Waals surface area contributed by atoms with Crippen molar-refractivity contribution < 1.29 is 13.5 Å². The minimum Gasteiger partial charge on any atom is -0.388 e. The number of nitrogens with zero attached hydrogens (tertiary/aromatic N) is 5. The van der Waals surface area contributed by atoms with Crippen molar-refractivity contribution in [1.82, 2.24) is 23.7 Å². The van der Waals surface area contributed by atoms with Gasteiger partial charge in [-0.25, -0.2) is 13.4 Å². The third-order valence-corrected chi connectivity index (χ3v) is 9.78. The standard InChI is InChI=1S/C28H34N6O4S/c1-5-20-17-21-18-29-27(31-25(21)34(26(20)35)24-7-6-12-28(24,4)36)30-22-8-10-23(11-9-22)39(37,38)33-15-13-32(14-16-33)19(2)3/h1,8-11,17-19,24,36H,6-7,12-16H2,2-4H3,(H,29,30,31)/t24-,28-/m1/s1. The number of rotatable bonds is 6. The molecule has 1 saturated heterocycles. The maximum Gasteiger partial charge on any atom is 0.268 e. The second-order valence-corrected chi connectivity index (χ2v) is 12.7. The molecule has 0 radical (unpaired) electrons. The lowest BCUT2D eigenvalue weighted by molar-refractivity contribution is 0.0266. The molecule has 1 saturated carbocycles. The zero-order chi connectivity index (χ0) is 27.9. The number of hydrogen-bond donors (Lipinski definition) is 2. The monoisotopic (exact) mass is 550 g/mol. The number of terminal acetylenes is 1. The number of benzene rings is 1. The summed E-state index contributed by atoms with van der Waals surface area (Å²) in [6.07, 6.45) is 9.16. The summed E-state index contributed by atoms with van der Waals surface area (Å²) >= 11 is 0. The van der Waals surface area contributed by atoms with Crippen LogP contribution >= 0.6 is 0 Å². The zero-order valence-electron chi connectivity index (χ0n) is 22.5. The Labute approximate surface area is 228 Å². The van der Waals surface area contributed by atoms with Crippen molar-refractivity contribution in [2.75, 3.05) is 31.5 Å². The Balaban J connectivity index is 1.41. The van der Waals surface area contributed by atoms with E-state index >= 15 is 0 Å². The van der Waals surface area contributed by atoms with Crippen LogP contribution in [0.3, 0.4) is 0 Å². The normalized spacial score (nSPS) is 22.8. The topological polar surface area (TPSA) is 121 Å². The molecule has 0 spiro atoms. The van der Waals surface area contributed by atoms with Crippen molar-refractivity contribution in [2.24, 2.45) is 0 Å². The molecule has 10 nitrogen and oxygen atoms in total. The summed E-state index contributed by atoms with van der Waals surface area (Å²) in [5, 5.41) is 14.7. The number of aliphatic hydroxyl groups is 1. The van der Waals surface area contributed by atoms with Crippen LogP contribution in [0, 0.1) is 12.3 Å². The molecule has 2 N–H and O–H groups in total. The summed E-state index contributed by atoms with van der Waals surface area (Å²) in [6.45, 7) is 8.29. The highest BCUT2D eigenvalue weighted by Crippen LogP contribution is 2.39. The predicted molar refractivity (Wildman–Crippen MR) is 150 cm³/mol. The van der Waals surface area contributed by atoms with Gasteiger partial charge in [0, 0.05) is 49.5 Å². The average Bonchev–Trinajstić information content (AvgIpc) is 3.27. The van der Waals surface area contributed by atoms with Crippen LogP contribution in [-0.4, -0.2) is 75.1 Å². The molecule has 2 aliphatic rings. The maximum absolute atomic E-state index is 13.2. The second kappa shape index (κ2) is 10.4. The SMILES string of the molecule is C#Cc1cc2cnc(Nc3ccc(S(=O)(=O)N4CCN(C(C)C)CC4)cc3)nc2n([C@@H]2CCC[C@@]2(C)O)c1=O. The van der Waals surface area contributed by atoms with Crippen LogP contribution in [-0.2, 0) is 10.0 Å². The van der Waals surface area contributed by atoms with Crippen molar-refractivity contribution in [3.8, 4) is 12.3 Å². The number of hydrogen-bond acceptors (Lipinski definition) is 8. The Morgan fingerprint density at radius 2 is 1.87 bits per heavy atom. The Hall–Kier alpha value is -3.30. The largest absolute Gasteiger partial charge is 0.388 e. The first-order valence-electron chi connectivity index (χ1n) is 13.2. The minimum atomic E-state index is -3.60. The summed E-state index contributed by atoms with van der Waals surface area (Å²) in [5.41, 5.74) is -0.267.